The molecule has 0 atom stereocenters. The number of nitrogens with one attached hydrogen (secondary N) is 1. The van der Waals surface area contributed by atoms with E-state index in [9.17, 15) is 0 Å². The van der Waals surface area contributed by atoms with E-state index < -0.39 is 0 Å². The summed E-state index contributed by atoms with van der Waals surface area (Å²) in [7, 11) is 0. The zero-order valence-electron chi connectivity index (χ0n) is 8.64. The summed E-state index contributed by atoms with van der Waals surface area (Å²) >= 11 is 7.74. The van der Waals surface area contributed by atoms with Gasteiger partial charge in [0.05, 0.1) is 0 Å². The third-order valence-electron chi connectivity index (χ3n) is 2.10. The number of rotatable bonds is 5. The van der Waals surface area contributed by atoms with E-state index in [1.807, 2.05) is 23.9 Å². The maximum absolute atomic E-state index is 5.88. The van der Waals surface area contributed by atoms with E-state index in [1.54, 1.807) is 0 Å². The average molecular weight is 230 g/mol. The first-order valence-electron chi connectivity index (χ1n) is 4.68. The van der Waals surface area contributed by atoms with Crippen molar-refractivity contribution in [1.29, 1.82) is 0 Å². The van der Waals surface area contributed by atoms with Gasteiger partial charge in [0.2, 0.25) is 0 Å². The van der Waals surface area contributed by atoms with Crippen LogP contribution in [0.15, 0.2) is 18.2 Å². The molecule has 0 radical (unpaired) electrons. The predicted molar refractivity (Wildman–Crippen MR) is 66.3 cm³/mol. The Kier molecular flexibility index (Phi) is 5.38. The van der Waals surface area contributed by atoms with E-state index in [4.69, 9.17) is 11.6 Å². The number of aryl methyl sites for hydroxylation is 1. The van der Waals surface area contributed by atoms with Gasteiger partial charge in [-0.3, -0.25) is 0 Å². The van der Waals surface area contributed by atoms with Crippen molar-refractivity contribution in [2.45, 2.75) is 13.5 Å². The molecule has 0 saturated carbocycles. The van der Waals surface area contributed by atoms with Crippen molar-refractivity contribution >= 4 is 23.4 Å². The highest BCUT2D eigenvalue weighted by Crippen LogP contribution is 2.14. The Labute approximate surface area is 95.2 Å². The smallest absolute Gasteiger partial charge is 0.0408 e. The Morgan fingerprint density at radius 1 is 1.43 bits per heavy atom. The maximum atomic E-state index is 5.88. The lowest BCUT2D eigenvalue weighted by molar-refractivity contribution is 0.729. The molecule has 1 nitrogen and oxygen atoms in total. The molecule has 0 unspecified atom stereocenters. The summed E-state index contributed by atoms with van der Waals surface area (Å²) in [5.41, 5.74) is 2.59. The fourth-order valence-corrected chi connectivity index (χ4v) is 1.83. The Morgan fingerprint density at radius 3 is 2.86 bits per heavy atom. The summed E-state index contributed by atoms with van der Waals surface area (Å²) in [5.74, 6) is 1.16. The Hall–Kier alpha value is -0.180. The first kappa shape index (κ1) is 11.9. The molecule has 1 N–H and O–H groups in total. The molecule has 78 valence electrons. The van der Waals surface area contributed by atoms with Crippen LogP contribution in [-0.2, 0) is 6.54 Å². The van der Waals surface area contributed by atoms with E-state index in [1.165, 1.54) is 11.1 Å². The molecule has 14 heavy (non-hydrogen) atoms. The molecule has 0 saturated heterocycles. The van der Waals surface area contributed by atoms with Crippen molar-refractivity contribution in [1.82, 2.24) is 5.32 Å². The van der Waals surface area contributed by atoms with Gasteiger partial charge in [-0.05, 0) is 36.4 Å². The number of thioether (sulfide) groups is 1. The van der Waals surface area contributed by atoms with Crippen LogP contribution in [-0.4, -0.2) is 18.6 Å². The van der Waals surface area contributed by atoms with Gasteiger partial charge < -0.3 is 5.32 Å². The van der Waals surface area contributed by atoms with Crippen LogP contribution in [0.3, 0.4) is 0 Å². The Balaban J connectivity index is 2.42. The molecular weight excluding hydrogens is 214 g/mol. The van der Waals surface area contributed by atoms with Gasteiger partial charge in [0.25, 0.3) is 0 Å². The number of benzene rings is 1. The molecule has 0 amide bonds. The molecule has 1 aromatic carbocycles. The van der Waals surface area contributed by atoms with Crippen LogP contribution in [0.1, 0.15) is 11.1 Å². The fourth-order valence-electron chi connectivity index (χ4n) is 1.25. The lowest BCUT2D eigenvalue weighted by atomic mass is 10.1. The third-order valence-corrected chi connectivity index (χ3v) is 2.95. The van der Waals surface area contributed by atoms with Gasteiger partial charge in [-0.1, -0.05) is 17.7 Å². The van der Waals surface area contributed by atoms with Crippen molar-refractivity contribution in [3.63, 3.8) is 0 Å². The van der Waals surface area contributed by atoms with Crippen molar-refractivity contribution in [3.05, 3.63) is 34.3 Å². The van der Waals surface area contributed by atoms with Crippen LogP contribution >= 0.6 is 23.4 Å². The monoisotopic (exact) mass is 229 g/mol. The molecule has 0 bridgehead atoms. The van der Waals surface area contributed by atoms with Crippen LogP contribution in [0, 0.1) is 6.92 Å². The summed E-state index contributed by atoms with van der Waals surface area (Å²) in [6, 6.07) is 6.04. The van der Waals surface area contributed by atoms with Crippen molar-refractivity contribution in [3.8, 4) is 0 Å². The van der Waals surface area contributed by atoms with Gasteiger partial charge in [0.15, 0.2) is 0 Å². The first-order valence-corrected chi connectivity index (χ1v) is 6.46. The van der Waals surface area contributed by atoms with Crippen molar-refractivity contribution < 1.29 is 0 Å². The van der Waals surface area contributed by atoms with Gasteiger partial charge in [-0.25, -0.2) is 0 Å². The molecule has 0 heterocycles. The minimum absolute atomic E-state index is 0.815. The highest BCUT2D eigenvalue weighted by atomic mass is 35.5. The fraction of sp³-hybridized carbons (Fsp3) is 0.455. The SMILES string of the molecule is CSCCNCc1ccc(Cl)cc1C. The summed E-state index contributed by atoms with van der Waals surface area (Å²) < 4.78 is 0. The number of hydrogen-bond acceptors (Lipinski definition) is 2. The van der Waals surface area contributed by atoms with Crippen LogP contribution in [0.2, 0.25) is 5.02 Å². The Morgan fingerprint density at radius 2 is 2.21 bits per heavy atom. The summed E-state index contributed by atoms with van der Waals surface area (Å²) in [5, 5.41) is 4.21. The van der Waals surface area contributed by atoms with Gasteiger partial charge in [0.1, 0.15) is 0 Å². The van der Waals surface area contributed by atoms with Crippen LogP contribution in [0.4, 0.5) is 0 Å². The topological polar surface area (TPSA) is 12.0 Å². The molecule has 0 spiro atoms. The highest BCUT2D eigenvalue weighted by Gasteiger charge is 1.98. The number of halogens is 1. The van der Waals surface area contributed by atoms with E-state index in [2.05, 4.69) is 24.6 Å². The van der Waals surface area contributed by atoms with Gasteiger partial charge in [-0.2, -0.15) is 11.8 Å². The average Bonchev–Trinajstić information content (AvgIpc) is 2.15. The van der Waals surface area contributed by atoms with Gasteiger partial charge in [0, 0.05) is 23.9 Å². The predicted octanol–water partition coefficient (Wildman–Crippen LogP) is 3.10. The minimum atomic E-state index is 0.815. The molecule has 1 aromatic rings. The molecule has 0 aromatic heterocycles. The maximum Gasteiger partial charge on any atom is 0.0408 e. The molecule has 0 aliphatic heterocycles. The van der Waals surface area contributed by atoms with Gasteiger partial charge >= 0.3 is 0 Å². The lowest BCUT2D eigenvalue weighted by Gasteiger charge is -2.07. The molecule has 0 aliphatic rings. The van der Waals surface area contributed by atoms with Crippen LogP contribution in [0.5, 0.6) is 0 Å². The second-order valence-corrected chi connectivity index (χ2v) is 4.66. The summed E-state index contributed by atoms with van der Waals surface area (Å²) in [4.78, 5) is 0. The highest BCUT2D eigenvalue weighted by molar-refractivity contribution is 7.98. The second-order valence-electron chi connectivity index (χ2n) is 3.24. The van der Waals surface area contributed by atoms with Gasteiger partial charge in [-0.15, -0.1) is 0 Å². The van der Waals surface area contributed by atoms with E-state index in [0.717, 1.165) is 23.9 Å². The van der Waals surface area contributed by atoms with E-state index in [-0.39, 0.29) is 0 Å². The van der Waals surface area contributed by atoms with E-state index >= 15 is 0 Å². The standard InChI is InChI=1S/C11H16ClNS/c1-9-7-11(12)4-3-10(9)8-13-5-6-14-2/h3-4,7,13H,5-6,8H2,1-2H3. The first-order chi connectivity index (χ1) is 6.74. The molecule has 1 rings (SSSR count). The van der Waals surface area contributed by atoms with E-state index in [0.29, 0.717) is 0 Å². The van der Waals surface area contributed by atoms with Crippen molar-refractivity contribution in [2.75, 3.05) is 18.6 Å². The summed E-state index contributed by atoms with van der Waals surface area (Å²) in [6.45, 7) is 4.09. The second kappa shape index (κ2) is 6.33. The molecule has 0 fully saturated rings. The Bertz CT molecular complexity index is 289. The normalized spacial score (nSPS) is 10.5. The van der Waals surface area contributed by atoms with Crippen molar-refractivity contribution in [2.24, 2.45) is 0 Å². The number of hydrogen-bond donors (Lipinski definition) is 1. The zero-order chi connectivity index (χ0) is 10.4. The summed E-state index contributed by atoms with van der Waals surface area (Å²) in [6.07, 6.45) is 2.12. The molecule has 0 aliphatic carbocycles. The molecule has 3 heteroatoms. The third kappa shape index (κ3) is 3.91. The minimum Gasteiger partial charge on any atom is -0.312 e. The lowest BCUT2D eigenvalue weighted by Crippen LogP contribution is -2.16. The largest absolute Gasteiger partial charge is 0.312 e. The zero-order valence-corrected chi connectivity index (χ0v) is 10.2. The van der Waals surface area contributed by atoms with Crippen LogP contribution < -0.4 is 5.32 Å². The van der Waals surface area contributed by atoms with Crippen LogP contribution in [0.25, 0.3) is 0 Å². The quantitative estimate of drug-likeness (QED) is 0.779. The molecular formula is C11H16ClNS.